The predicted molar refractivity (Wildman–Crippen MR) is 79.3 cm³/mol. The Morgan fingerprint density at radius 1 is 1.33 bits per heavy atom. The molecule has 5 heteroatoms. The summed E-state index contributed by atoms with van der Waals surface area (Å²) < 4.78 is 3.84. The number of aryl methyl sites for hydroxylation is 1. The first-order valence-electron chi connectivity index (χ1n) is 5.35. The molecule has 18 heavy (non-hydrogen) atoms. The Bertz CT molecular complexity index is 591. The van der Waals surface area contributed by atoms with Gasteiger partial charge in [-0.1, -0.05) is 6.07 Å². The van der Waals surface area contributed by atoms with Crippen molar-refractivity contribution in [1.29, 1.82) is 5.26 Å². The molecule has 0 aliphatic carbocycles. The van der Waals surface area contributed by atoms with E-state index in [0.717, 1.165) is 20.2 Å². The normalized spacial score (nSPS) is 10.1. The van der Waals surface area contributed by atoms with E-state index in [0.29, 0.717) is 12.2 Å². The number of rotatable bonds is 3. The quantitative estimate of drug-likeness (QED) is 0.888. The molecule has 1 aromatic heterocycles. The van der Waals surface area contributed by atoms with Gasteiger partial charge in [0.15, 0.2) is 0 Å². The highest BCUT2D eigenvalue weighted by Crippen LogP contribution is 2.30. The van der Waals surface area contributed by atoms with Crippen molar-refractivity contribution in [3.63, 3.8) is 0 Å². The van der Waals surface area contributed by atoms with E-state index in [9.17, 15) is 0 Å². The van der Waals surface area contributed by atoms with E-state index in [1.807, 2.05) is 42.1 Å². The van der Waals surface area contributed by atoms with Crippen LogP contribution in [-0.2, 0) is 13.6 Å². The maximum Gasteiger partial charge on any atom is 0.120 e. The largest absolute Gasteiger partial charge is 0.379 e. The molecule has 0 aliphatic rings. The van der Waals surface area contributed by atoms with E-state index in [4.69, 9.17) is 5.26 Å². The summed E-state index contributed by atoms with van der Waals surface area (Å²) in [6, 6.07) is 9.98. The minimum absolute atomic E-state index is 0.665. The van der Waals surface area contributed by atoms with Crippen molar-refractivity contribution in [3.05, 3.63) is 50.7 Å². The highest BCUT2D eigenvalue weighted by Gasteiger charge is 2.06. The maximum atomic E-state index is 8.90. The van der Waals surface area contributed by atoms with Crippen LogP contribution in [0.3, 0.4) is 0 Å². The molecule has 0 fully saturated rings. The van der Waals surface area contributed by atoms with Gasteiger partial charge in [0.25, 0.3) is 0 Å². The zero-order valence-electron chi connectivity index (χ0n) is 9.74. The number of hydrogen-bond donors (Lipinski definition) is 1. The summed E-state index contributed by atoms with van der Waals surface area (Å²) in [5.74, 6) is 0. The second-order valence-electron chi connectivity index (χ2n) is 3.91. The van der Waals surface area contributed by atoms with Crippen LogP contribution in [-0.4, -0.2) is 4.57 Å². The third-order valence-electron chi connectivity index (χ3n) is 2.61. The summed E-state index contributed by atoms with van der Waals surface area (Å²) in [7, 11) is 1.87. The van der Waals surface area contributed by atoms with Crippen LogP contribution in [0.25, 0.3) is 0 Å². The Hall–Kier alpha value is -1.25. The summed E-state index contributed by atoms with van der Waals surface area (Å²) >= 11 is 7.01. The minimum Gasteiger partial charge on any atom is -0.379 e. The van der Waals surface area contributed by atoms with E-state index in [1.165, 1.54) is 0 Å². The number of halogens is 2. The number of benzene rings is 1. The molecule has 0 spiro atoms. The molecule has 2 aromatic rings. The maximum absolute atomic E-state index is 8.90. The summed E-state index contributed by atoms with van der Waals surface area (Å²) in [4.78, 5) is 0. The molecule has 0 radical (unpaired) electrons. The number of anilines is 1. The zero-order valence-corrected chi connectivity index (χ0v) is 12.9. The second kappa shape index (κ2) is 5.59. The molecule has 2 rings (SSSR count). The summed E-state index contributed by atoms with van der Waals surface area (Å²) in [5, 5.41) is 12.2. The first kappa shape index (κ1) is 13.2. The number of aromatic nitrogens is 1. The fraction of sp³-hybridized carbons (Fsp3) is 0.154. The van der Waals surface area contributed by atoms with Crippen LogP contribution in [0.5, 0.6) is 0 Å². The second-order valence-corrected chi connectivity index (χ2v) is 5.62. The van der Waals surface area contributed by atoms with E-state index >= 15 is 0 Å². The van der Waals surface area contributed by atoms with Crippen molar-refractivity contribution < 1.29 is 0 Å². The molecule has 1 heterocycles. The van der Waals surface area contributed by atoms with Crippen LogP contribution in [0.4, 0.5) is 5.69 Å². The molecule has 0 saturated carbocycles. The van der Waals surface area contributed by atoms with Crippen LogP contribution in [0.2, 0.25) is 0 Å². The van der Waals surface area contributed by atoms with Gasteiger partial charge in [-0.05, 0) is 55.6 Å². The molecule has 0 saturated heterocycles. The van der Waals surface area contributed by atoms with Gasteiger partial charge in [-0.15, -0.1) is 0 Å². The van der Waals surface area contributed by atoms with Crippen LogP contribution in [0, 0.1) is 11.3 Å². The fourth-order valence-electron chi connectivity index (χ4n) is 1.70. The van der Waals surface area contributed by atoms with Crippen LogP contribution < -0.4 is 5.32 Å². The Kier molecular flexibility index (Phi) is 4.10. The van der Waals surface area contributed by atoms with E-state index in [1.54, 1.807) is 0 Å². The first-order chi connectivity index (χ1) is 8.61. The Morgan fingerprint density at radius 2 is 2.00 bits per heavy atom. The predicted octanol–water partition coefficient (Wildman–Crippen LogP) is 4.03. The monoisotopic (exact) mass is 367 g/mol. The van der Waals surface area contributed by atoms with Gasteiger partial charge in [-0.2, -0.15) is 5.26 Å². The van der Waals surface area contributed by atoms with Crippen molar-refractivity contribution in [2.75, 3.05) is 5.32 Å². The lowest BCUT2D eigenvalue weighted by molar-refractivity contribution is 0.902. The first-order valence-corrected chi connectivity index (χ1v) is 6.93. The van der Waals surface area contributed by atoms with Crippen molar-refractivity contribution >= 4 is 37.5 Å². The minimum atomic E-state index is 0.665. The molecular formula is C13H11Br2N3. The summed E-state index contributed by atoms with van der Waals surface area (Å²) in [6.07, 6.45) is 1.95. The van der Waals surface area contributed by atoms with Gasteiger partial charge in [0.05, 0.1) is 5.69 Å². The fourth-order valence-corrected chi connectivity index (χ4v) is 2.98. The van der Waals surface area contributed by atoms with Gasteiger partial charge >= 0.3 is 0 Å². The van der Waals surface area contributed by atoms with Crippen LogP contribution in [0.15, 0.2) is 39.4 Å². The van der Waals surface area contributed by atoms with Gasteiger partial charge in [0.1, 0.15) is 11.8 Å². The van der Waals surface area contributed by atoms with Crippen molar-refractivity contribution in [2.45, 2.75) is 6.54 Å². The highest BCUT2D eigenvalue weighted by atomic mass is 79.9. The number of nitriles is 1. The SMILES string of the molecule is Cn1cc(CNc2c(Br)cccc2Br)cc1C#N. The Labute approximate surface area is 123 Å². The smallest absolute Gasteiger partial charge is 0.120 e. The molecule has 1 aromatic carbocycles. The van der Waals surface area contributed by atoms with E-state index < -0.39 is 0 Å². The van der Waals surface area contributed by atoms with Gasteiger partial charge < -0.3 is 9.88 Å². The topological polar surface area (TPSA) is 40.8 Å². The number of para-hydroxylation sites is 1. The van der Waals surface area contributed by atoms with Crippen molar-refractivity contribution in [2.24, 2.45) is 7.05 Å². The molecular weight excluding hydrogens is 358 g/mol. The zero-order chi connectivity index (χ0) is 13.1. The number of hydrogen-bond acceptors (Lipinski definition) is 2. The summed E-state index contributed by atoms with van der Waals surface area (Å²) in [5.41, 5.74) is 2.76. The Morgan fingerprint density at radius 3 is 2.56 bits per heavy atom. The van der Waals surface area contributed by atoms with Crippen LogP contribution >= 0.6 is 31.9 Å². The number of nitrogens with one attached hydrogen (secondary N) is 1. The Balaban J connectivity index is 2.14. The van der Waals surface area contributed by atoms with Gasteiger partial charge in [0.2, 0.25) is 0 Å². The summed E-state index contributed by atoms with van der Waals surface area (Å²) in [6.45, 7) is 0.677. The van der Waals surface area contributed by atoms with Gasteiger partial charge in [-0.25, -0.2) is 0 Å². The number of nitrogens with zero attached hydrogens (tertiary/aromatic N) is 2. The molecule has 3 nitrogen and oxygen atoms in total. The molecule has 0 amide bonds. The lowest BCUT2D eigenvalue weighted by Crippen LogP contribution is -1.99. The molecule has 1 N–H and O–H groups in total. The highest BCUT2D eigenvalue weighted by molar-refractivity contribution is 9.11. The average Bonchev–Trinajstić information content (AvgIpc) is 2.69. The third-order valence-corrected chi connectivity index (χ3v) is 3.93. The van der Waals surface area contributed by atoms with E-state index in [2.05, 4.69) is 43.2 Å². The van der Waals surface area contributed by atoms with Crippen LogP contribution in [0.1, 0.15) is 11.3 Å². The molecule has 92 valence electrons. The van der Waals surface area contributed by atoms with Gasteiger partial charge in [-0.3, -0.25) is 0 Å². The lowest BCUT2D eigenvalue weighted by Gasteiger charge is -2.09. The van der Waals surface area contributed by atoms with E-state index in [-0.39, 0.29) is 0 Å². The lowest BCUT2D eigenvalue weighted by atomic mass is 10.3. The van der Waals surface area contributed by atoms with Gasteiger partial charge in [0, 0.05) is 28.7 Å². The molecule has 0 aliphatic heterocycles. The molecule has 0 bridgehead atoms. The average molecular weight is 369 g/mol. The molecule has 0 atom stereocenters. The molecule has 0 unspecified atom stereocenters. The van der Waals surface area contributed by atoms with Crippen molar-refractivity contribution in [3.8, 4) is 6.07 Å². The standard InChI is InChI=1S/C13H11Br2N3/c1-18-8-9(5-10(18)6-16)7-17-13-11(14)3-2-4-12(13)15/h2-5,8,17H,7H2,1H3. The third kappa shape index (κ3) is 2.77. The van der Waals surface area contributed by atoms with Crippen molar-refractivity contribution in [1.82, 2.24) is 4.57 Å².